The van der Waals surface area contributed by atoms with Gasteiger partial charge in [-0.05, 0) is 18.9 Å². The van der Waals surface area contributed by atoms with E-state index in [-0.39, 0.29) is 6.04 Å². The second-order valence-corrected chi connectivity index (χ2v) is 6.31. The predicted octanol–water partition coefficient (Wildman–Crippen LogP) is 1.40. The average Bonchev–Trinajstić information content (AvgIpc) is 2.50. The van der Waals surface area contributed by atoms with Gasteiger partial charge >= 0.3 is 0 Å². The number of hydrogen-bond acceptors (Lipinski definition) is 3. The molecule has 1 rings (SSSR count). The molecule has 0 saturated carbocycles. The highest BCUT2D eigenvalue weighted by Crippen LogP contribution is 2.25. The Morgan fingerprint density at radius 3 is 2.44 bits per heavy atom. The molecule has 104 valence electrons. The number of carbonyl (C=O) groups excluding carboxylic acids is 2. The fourth-order valence-electron chi connectivity index (χ4n) is 2.62. The lowest BCUT2D eigenvalue weighted by molar-refractivity contribution is -0.126. The molecule has 0 spiro atoms. The van der Waals surface area contributed by atoms with Crippen LogP contribution in [0, 0.1) is 11.3 Å². The van der Waals surface area contributed by atoms with E-state index >= 15 is 0 Å². The van der Waals surface area contributed by atoms with Crippen LogP contribution in [-0.4, -0.2) is 54.7 Å². The summed E-state index contributed by atoms with van der Waals surface area (Å²) in [6.07, 6.45) is 2.86. The Bertz CT molecular complexity index is 290. The maximum Gasteiger partial charge on any atom is 0.210 e. The lowest BCUT2D eigenvalue weighted by atomic mass is 9.85. The van der Waals surface area contributed by atoms with Crippen LogP contribution in [0.25, 0.3) is 0 Å². The summed E-state index contributed by atoms with van der Waals surface area (Å²) in [5, 5.41) is 0. The largest absolute Gasteiger partial charge is 0.340 e. The minimum absolute atomic E-state index is 0.0197. The summed E-state index contributed by atoms with van der Waals surface area (Å²) < 4.78 is 0. The molecule has 4 nitrogen and oxygen atoms in total. The van der Waals surface area contributed by atoms with Gasteiger partial charge in [0.05, 0.1) is 6.04 Å². The number of carbonyl (C=O) groups is 2. The van der Waals surface area contributed by atoms with E-state index in [1.165, 1.54) is 0 Å². The second kappa shape index (κ2) is 6.32. The van der Waals surface area contributed by atoms with Gasteiger partial charge in [-0.15, -0.1) is 0 Å². The first kappa shape index (κ1) is 15.2. The zero-order valence-corrected chi connectivity index (χ0v) is 12.1. The molecule has 1 saturated heterocycles. The standard InChI is InChI=1S/C14H26N2O2/c1-12(2)8-15-6-5-7-16(11-18)13(9-15)14(3,4)10-17/h10-13H,5-9H2,1-4H3. The van der Waals surface area contributed by atoms with Crippen molar-refractivity contribution in [3.8, 4) is 0 Å². The van der Waals surface area contributed by atoms with Gasteiger partial charge in [-0.3, -0.25) is 4.79 Å². The van der Waals surface area contributed by atoms with E-state index in [4.69, 9.17) is 0 Å². The van der Waals surface area contributed by atoms with Crippen molar-refractivity contribution in [2.45, 2.75) is 40.2 Å². The lowest BCUT2D eigenvalue weighted by Gasteiger charge is -2.37. The molecule has 0 N–H and O–H groups in total. The molecule has 0 aliphatic carbocycles. The monoisotopic (exact) mass is 254 g/mol. The molecular weight excluding hydrogens is 228 g/mol. The molecule has 1 atom stereocenters. The topological polar surface area (TPSA) is 40.6 Å². The van der Waals surface area contributed by atoms with E-state index in [0.717, 1.165) is 45.3 Å². The number of hydrogen-bond donors (Lipinski definition) is 0. The van der Waals surface area contributed by atoms with Crippen LogP contribution < -0.4 is 0 Å². The van der Waals surface area contributed by atoms with Gasteiger partial charge in [-0.2, -0.15) is 0 Å². The first-order chi connectivity index (χ1) is 8.40. The van der Waals surface area contributed by atoms with E-state index in [1.54, 1.807) is 4.90 Å². The number of aldehydes is 1. The highest BCUT2D eigenvalue weighted by Gasteiger charge is 2.36. The molecule has 0 bridgehead atoms. The Balaban J connectivity index is 2.84. The third-order valence-corrected chi connectivity index (χ3v) is 3.64. The predicted molar refractivity (Wildman–Crippen MR) is 72.3 cm³/mol. The summed E-state index contributed by atoms with van der Waals surface area (Å²) >= 11 is 0. The van der Waals surface area contributed by atoms with Crippen LogP contribution >= 0.6 is 0 Å². The molecule has 18 heavy (non-hydrogen) atoms. The average molecular weight is 254 g/mol. The maximum absolute atomic E-state index is 11.3. The van der Waals surface area contributed by atoms with Gasteiger partial charge in [0, 0.05) is 25.0 Å². The Morgan fingerprint density at radius 1 is 1.28 bits per heavy atom. The molecule has 0 radical (unpaired) electrons. The third kappa shape index (κ3) is 3.80. The zero-order valence-electron chi connectivity index (χ0n) is 12.1. The van der Waals surface area contributed by atoms with E-state index in [0.29, 0.717) is 5.92 Å². The summed E-state index contributed by atoms with van der Waals surface area (Å²) in [7, 11) is 0. The van der Waals surface area contributed by atoms with Crippen molar-refractivity contribution >= 4 is 12.7 Å². The molecule has 0 aromatic carbocycles. The summed E-state index contributed by atoms with van der Waals surface area (Å²) in [5.41, 5.74) is -0.486. The van der Waals surface area contributed by atoms with Crippen LogP contribution in [0.1, 0.15) is 34.1 Å². The highest BCUT2D eigenvalue weighted by atomic mass is 16.1. The van der Waals surface area contributed by atoms with Gasteiger partial charge in [0.15, 0.2) is 0 Å². The molecule has 1 amide bonds. The van der Waals surface area contributed by atoms with Crippen molar-refractivity contribution in [3.63, 3.8) is 0 Å². The summed E-state index contributed by atoms with van der Waals surface area (Å²) in [6, 6.07) is -0.0197. The van der Waals surface area contributed by atoms with Crippen molar-refractivity contribution in [3.05, 3.63) is 0 Å². The van der Waals surface area contributed by atoms with E-state index < -0.39 is 5.41 Å². The van der Waals surface area contributed by atoms with Crippen LogP contribution in [0.5, 0.6) is 0 Å². The van der Waals surface area contributed by atoms with Crippen LogP contribution in [0.2, 0.25) is 0 Å². The van der Waals surface area contributed by atoms with E-state index in [1.807, 2.05) is 13.8 Å². The molecule has 1 unspecified atom stereocenters. The van der Waals surface area contributed by atoms with Crippen LogP contribution in [0.15, 0.2) is 0 Å². The van der Waals surface area contributed by atoms with E-state index in [9.17, 15) is 9.59 Å². The first-order valence-corrected chi connectivity index (χ1v) is 6.80. The molecule has 1 fully saturated rings. The Kier molecular flexibility index (Phi) is 5.32. The maximum atomic E-state index is 11.3. The Morgan fingerprint density at radius 2 is 1.94 bits per heavy atom. The number of amides is 1. The molecule has 1 heterocycles. The van der Waals surface area contributed by atoms with Gasteiger partial charge in [0.25, 0.3) is 0 Å². The van der Waals surface area contributed by atoms with Crippen LogP contribution in [-0.2, 0) is 9.59 Å². The van der Waals surface area contributed by atoms with Crippen molar-refractivity contribution in [2.75, 3.05) is 26.2 Å². The Labute approximate surface area is 110 Å². The summed E-state index contributed by atoms with van der Waals surface area (Å²) in [4.78, 5) is 26.7. The third-order valence-electron chi connectivity index (χ3n) is 3.64. The normalized spacial score (nSPS) is 22.9. The second-order valence-electron chi connectivity index (χ2n) is 6.31. The molecule has 0 aromatic heterocycles. The van der Waals surface area contributed by atoms with Crippen molar-refractivity contribution in [1.29, 1.82) is 0 Å². The van der Waals surface area contributed by atoms with Gasteiger partial charge in [0.2, 0.25) is 6.41 Å². The molecule has 1 aliphatic heterocycles. The quantitative estimate of drug-likeness (QED) is 0.696. The highest BCUT2D eigenvalue weighted by molar-refractivity contribution is 5.61. The first-order valence-electron chi connectivity index (χ1n) is 6.80. The SMILES string of the molecule is CC(C)CN1CCCN(C=O)C(C(C)(C)C=O)C1. The minimum atomic E-state index is -0.486. The Hall–Kier alpha value is -0.900. The molecular formula is C14H26N2O2. The van der Waals surface area contributed by atoms with Gasteiger partial charge in [0.1, 0.15) is 6.29 Å². The van der Waals surface area contributed by atoms with Crippen molar-refractivity contribution < 1.29 is 9.59 Å². The van der Waals surface area contributed by atoms with Crippen LogP contribution in [0.3, 0.4) is 0 Å². The van der Waals surface area contributed by atoms with Crippen molar-refractivity contribution in [2.24, 2.45) is 11.3 Å². The zero-order chi connectivity index (χ0) is 13.8. The molecule has 0 aromatic rings. The molecule has 1 aliphatic rings. The minimum Gasteiger partial charge on any atom is -0.340 e. The fourth-order valence-corrected chi connectivity index (χ4v) is 2.62. The summed E-state index contributed by atoms with van der Waals surface area (Å²) in [6.45, 7) is 11.8. The van der Waals surface area contributed by atoms with Gasteiger partial charge in [-0.25, -0.2) is 0 Å². The smallest absolute Gasteiger partial charge is 0.210 e. The lowest BCUT2D eigenvalue weighted by Crippen LogP contribution is -2.50. The number of rotatable bonds is 5. The van der Waals surface area contributed by atoms with Gasteiger partial charge in [-0.1, -0.05) is 27.7 Å². The van der Waals surface area contributed by atoms with E-state index in [2.05, 4.69) is 18.7 Å². The van der Waals surface area contributed by atoms with Crippen molar-refractivity contribution in [1.82, 2.24) is 9.80 Å². The number of nitrogens with zero attached hydrogens (tertiary/aromatic N) is 2. The summed E-state index contributed by atoms with van der Waals surface area (Å²) in [5.74, 6) is 0.604. The molecule has 4 heteroatoms. The fraction of sp³-hybridized carbons (Fsp3) is 0.857. The van der Waals surface area contributed by atoms with Crippen LogP contribution in [0.4, 0.5) is 0 Å². The van der Waals surface area contributed by atoms with Gasteiger partial charge < -0.3 is 14.6 Å².